The largest absolute Gasteiger partial charge is 0.461 e. The predicted molar refractivity (Wildman–Crippen MR) is 75.5 cm³/mol. The first-order chi connectivity index (χ1) is 9.67. The molecule has 0 unspecified atom stereocenters. The molecule has 0 heterocycles. The molecular weight excluding hydrogens is 258 g/mol. The molecule has 0 saturated carbocycles. The highest BCUT2D eigenvalue weighted by molar-refractivity contribution is 6.39. The summed E-state index contributed by atoms with van der Waals surface area (Å²) in [5, 5.41) is 3.56. The molecule has 0 aliphatic rings. The smallest absolute Gasteiger partial charge is 0.356 e. The number of rotatable bonds is 8. The molecule has 0 radical (unpaired) electrons. The van der Waals surface area contributed by atoms with Crippen molar-refractivity contribution in [2.24, 2.45) is 5.16 Å². The van der Waals surface area contributed by atoms with Gasteiger partial charge in [-0.05, 0) is 18.9 Å². The fraction of sp³-hybridized carbons (Fsp3) is 0.400. The van der Waals surface area contributed by atoms with Crippen molar-refractivity contribution in [1.29, 1.82) is 0 Å². The van der Waals surface area contributed by atoms with Gasteiger partial charge < -0.3 is 9.57 Å². The van der Waals surface area contributed by atoms with Crippen molar-refractivity contribution < 1.29 is 19.2 Å². The van der Waals surface area contributed by atoms with E-state index in [4.69, 9.17) is 4.74 Å². The highest BCUT2D eigenvalue weighted by Crippen LogP contribution is 2.05. The van der Waals surface area contributed by atoms with Gasteiger partial charge in [0.2, 0.25) is 0 Å². The summed E-state index contributed by atoms with van der Waals surface area (Å²) in [6.07, 6.45) is 0.925. The third kappa shape index (κ3) is 5.65. The van der Waals surface area contributed by atoms with Gasteiger partial charge in [-0.25, -0.2) is 4.79 Å². The third-order valence-electron chi connectivity index (χ3n) is 2.61. The van der Waals surface area contributed by atoms with Crippen molar-refractivity contribution in [3.63, 3.8) is 0 Å². The molecule has 20 heavy (non-hydrogen) atoms. The molecule has 0 atom stereocenters. The maximum absolute atomic E-state index is 11.9. The zero-order valence-corrected chi connectivity index (χ0v) is 11.8. The van der Waals surface area contributed by atoms with Crippen molar-refractivity contribution in [2.75, 3.05) is 13.7 Å². The van der Waals surface area contributed by atoms with Crippen LogP contribution in [-0.2, 0) is 25.6 Å². The van der Waals surface area contributed by atoms with E-state index in [9.17, 15) is 9.59 Å². The maximum Gasteiger partial charge on any atom is 0.356 e. The number of carbonyl (C=O) groups is 2. The Bertz CT molecular complexity index is 468. The second kappa shape index (κ2) is 8.85. The van der Waals surface area contributed by atoms with Crippen molar-refractivity contribution >= 4 is 17.5 Å². The molecule has 1 aromatic rings. The first-order valence-electron chi connectivity index (χ1n) is 6.50. The lowest BCUT2D eigenvalue weighted by molar-refractivity contribution is -0.135. The second-order valence-electron chi connectivity index (χ2n) is 4.14. The summed E-state index contributed by atoms with van der Waals surface area (Å²) >= 11 is 0. The second-order valence-corrected chi connectivity index (χ2v) is 4.14. The Balaban J connectivity index is 2.50. The number of aryl methyl sites for hydroxylation is 1. The third-order valence-corrected chi connectivity index (χ3v) is 2.61. The SMILES string of the molecule is CCOC(=O)/C(CC(=O)CCc1ccccc1)=N/OC. The van der Waals surface area contributed by atoms with Gasteiger partial charge in [-0.3, -0.25) is 4.79 Å². The fourth-order valence-corrected chi connectivity index (χ4v) is 1.67. The Morgan fingerprint density at radius 2 is 1.90 bits per heavy atom. The predicted octanol–water partition coefficient (Wildman–Crippen LogP) is 2.14. The van der Waals surface area contributed by atoms with Crippen LogP contribution in [-0.4, -0.2) is 31.2 Å². The lowest BCUT2D eigenvalue weighted by Crippen LogP contribution is -2.21. The fourth-order valence-electron chi connectivity index (χ4n) is 1.67. The van der Waals surface area contributed by atoms with E-state index in [1.807, 2.05) is 30.3 Å². The van der Waals surface area contributed by atoms with Crippen LogP contribution < -0.4 is 0 Å². The summed E-state index contributed by atoms with van der Waals surface area (Å²) in [6.45, 7) is 1.93. The van der Waals surface area contributed by atoms with Crippen molar-refractivity contribution in [1.82, 2.24) is 0 Å². The van der Waals surface area contributed by atoms with Gasteiger partial charge in [0.15, 0.2) is 5.71 Å². The Hall–Kier alpha value is -2.17. The summed E-state index contributed by atoms with van der Waals surface area (Å²) < 4.78 is 4.82. The number of oxime groups is 1. The van der Waals surface area contributed by atoms with Crippen LogP contribution in [0.2, 0.25) is 0 Å². The zero-order valence-electron chi connectivity index (χ0n) is 11.8. The van der Waals surface area contributed by atoms with Gasteiger partial charge in [0.05, 0.1) is 13.0 Å². The van der Waals surface area contributed by atoms with Crippen LogP contribution in [0.5, 0.6) is 0 Å². The van der Waals surface area contributed by atoms with Crippen LogP contribution in [0.1, 0.15) is 25.3 Å². The number of hydrogen-bond acceptors (Lipinski definition) is 5. The topological polar surface area (TPSA) is 65.0 Å². The van der Waals surface area contributed by atoms with E-state index in [-0.39, 0.29) is 24.5 Å². The van der Waals surface area contributed by atoms with Gasteiger partial charge in [0.25, 0.3) is 0 Å². The average molecular weight is 277 g/mol. The standard InChI is InChI=1S/C15H19NO4/c1-3-20-15(18)14(16-19-2)11-13(17)10-9-12-7-5-4-6-8-12/h4-8H,3,9-11H2,1-2H3/b16-14+. The maximum atomic E-state index is 11.9. The lowest BCUT2D eigenvalue weighted by atomic mass is 10.0. The van der Waals surface area contributed by atoms with E-state index >= 15 is 0 Å². The molecule has 5 heteroatoms. The Morgan fingerprint density at radius 3 is 2.50 bits per heavy atom. The van der Waals surface area contributed by atoms with Gasteiger partial charge in [0.1, 0.15) is 12.9 Å². The molecule has 0 saturated heterocycles. The summed E-state index contributed by atoms with van der Waals surface area (Å²) in [4.78, 5) is 28.0. The number of benzene rings is 1. The van der Waals surface area contributed by atoms with Crippen LogP contribution in [0.25, 0.3) is 0 Å². The minimum Gasteiger partial charge on any atom is -0.461 e. The summed E-state index contributed by atoms with van der Waals surface area (Å²) in [5.41, 5.74) is 1.09. The van der Waals surface area contributed by atoms with Crippen LogP contribution in [0.3, 0.4) is 0 Å². The molecule has 1 rings (SSSR count). The van der Waals surface area contributed by atoms with Gasteiger partial charge in [-0.1, -0.05) is 35.5 Å². The molecule has 0 fully saturated rings. The summed E-state index contributed by atoms with van der Waals surface area (Å²) in [5.74, 6) is -0.680. The number of carbonyl (C=O) groups excluding carboxylic acids is 2. The van der Waals surface area contributed by atoms with E-state index in [2.05, 4.69) is 9.99 Å². The summed E-state index contributed by atoms with van der Waals surface area (Å²) in [6, 6.07) is 9.70. The monoisotopic (exact) mass is 277 g/mol. The Kier molecular flexibility index (Phi) is 7.03. The first-order valence-corrected chi connectivity index (χ1v) is 6.50. The van der Waals surface area contributed by atoms with E-state index in [1.54, 1.807) is 6.92 Å². The van der Waals surface area contributed by atoms with E-state index in [1.165, 1.54) is 7.11 Å². The zero-order chi connectivity index (χ0) is 14.8. The highest BCUT2D eigenvalue weighted by atomic mass is 16.6. The molecule has 0 bridgehead atoms. The van der Waals surface area contributed by atoms with E-state index < -0.39 is 5.97 Å². The van der Waals surface area contributed by atoms with Gasteiger partial charge in [-0.15, -0.1) is 0 Å². The van der Waals surface area contributed by atoms with Gasteiger partial charge in [-0.2, -0.15) is 0 Å². The lowest BCUT2D eigenvalue weighted by Gasteiger charge is -2.05. The minimum atomic E-state index is -0.609. The van der Waals surface area contributed by atoms with Crippen molar-refractivity contribution in [3.05, 3.63) is 35.9 Å². The van der Waals surface area contributed by atoms with E-state index in [0.29, 0.717) is 12.8 Å². The highest BCUT2D eigenvalue weighted by Gasteiger charge is 2.17. The van der Waals surface area contributed by atoms with Crippen molar-refractivity contribution in [3.8, 4) is 0 Å². The van der Waals surface area contributed by atoms with Gasteiger partial charge in [0, 0.05) is 6.42 Å². The van der Waals surface area contributed by atoms with Crippen LogP contribution >= 0.6 is 0 Å². The van der Waals surface area contributed by atoms with Crippen LogP contribution in [0, 0.1) is 0 Å². The number of Topliss-reactive ketones (excluding diaryl/α,β-unsaturated/α-hetero) is 1. The van der Waals surface area contributed by atoms with Crippen molar-refractivity contribution in [2.45, 2.75) is 26.2 Å². The number of nitrogens with zero attached hydrogens (tertiary/aromatic N) is 1. The molecular formula is C15H19NO4. The van der Waals surface area contributed by atoms with Crippen LogP contribution in [0.4, 0.5) is 0 Å². The van der Waals surface area contributed by atoms with E-state index in [0.717, 1.165) is 5.56 Å². The normalized spacial score (nSPS) is 11.0. The molecule has 0 N–H and O–H groups in total. The quantitative estimate of drug-likeness (QED) is 0.415. The molecule has 0 aliphatic carbocycles. The molecule has 5 nitrogen and oxygen atoms in total. The molecule has 0 aromatic heterocycles. The van der Waals surface area contributed by atoms with Gasteiger partial charge >= 0.3 is 5.97 Å². The van der Waals surface area contributed by atoms with Crippen LogP contribution in [0.15, 0.2) is 35.5 Å². The summed E-state index contributed by atoms with van der Waals surface area (Å²) in [7, 11) is 1.33. The molecule has 1 aromatic carbocycles. The Labute approximate surface area is 118 Å². The molecule has 0 amide bonds. The molecule has 0 spiro atoms. The number of hydrogen-bond donors (Lipinski definition) is 0. The number of esters is 1. The number of ketones is 1. The first kappa shape index (κ1) is 15.9. The number of ether oxygens (including phenoxy) is 1. The minimum absolute atomic E-state index is 0.00686. The average Bonchev–Trinajstić information content (AvgIpc) is 2.46. The molecule has 0 aliphatic heterocycles. The Morgan fingerprint density at radius 1 is 1.20 bits per heavy atom. The molecule has 108 valence electrons.